The van der Waals surface area contributed by atoms with E-state index in [-0.39, 0.29) is 17.5 Å². The molecule has 2 heterocycles. The number of amides is 1. The lowest BCUT2D eigenvalue weighted by molar-refractivity contribution is -0.113. The molecule has 0 radical (unpaired) electrons. The molecule has 1 N–H and O–H groups in total. The number of rotatable bonds is 7. The summed E-state index contributed by atoms with van der Waals surface area (Å²) in [6.45, 7) is 4.06. The highest BCUT2D eigenvalue weighted by atomic mass is 32.2. The van der Waals surface area contributed by atoms with Crippen LogP contribution < -0.4 is 5.32 Å². The molecule has 10 heteroatoms. The highest BCUT2D eigenvalue weighted by molar-refractivity contribution is 7.99. The Morgan fingerprint density at radius 1 is 1.11 bits per heavy atom. The number of nitrogens with one attached hydrogen (secondary N) is 1. The van der Waals surface area contributed by atoms with E-state index in [1.54, 1.807) is 41.9 Å². The van der Waals surface area contributed by atoms with E-state index in [1.165, 1.54) is 18.2 Å². The molecule has 178 valence electrons. The van der Waals surface area contributed by atoms with Crippen LogP contribution in [-0.4, -0.2) is 31.0 Å². The molecule has 2 aromatic carbocycles. The average Bonchev–Trinajstić information content (AvgIpc) is 3.31. The molecule has 0 aliphatic rings. The molecular weight excluding hydrogens is 470 g/mol. The summed E-state index contributed by atoms with van der Waals surface area (Å²) in [7, 11) is 1.70. The third kappa shape index (κ3) is 4.95. The Hall–Kier alpha value is -3.97. The number of nitrogens with zero attached hydrogens (tertiary/aromatic N) is 5. The molecule has 4 rings (SSSR count). The van der Waals surface area contributed by atoms with E-state index in [2.05, 4.69) is 21.6 Å². The molecule has 35 heavy (non-hydrogen) atoms. The number of carbonyl (C=O) groups is 1. The zero-order valence-electron chi connectivity index (χ0n) is 19.3. The van der Waals surface area contributed by atoms with Gasteiger partial charge in [-0.25, -0.2) is 8.78 Å². The molecule has 4 aromatic rings. The van der Waals surface area contributed by atoms with Crippen LogP contribution in [0.2, 0.25) is 0 Å². The summed E-state index contributed by atoms with van der Waals surface area (Å²) in [5.41, 5.74) is 3.13. The lowest BCUT2D eigenvalue weighted by Gasteiger charge is -2.13. The fourth-order valence-electron chi connectivity index (χ4n) is 3.72. The summed E-state index contributed by atoms with van der Waals surface area (Å²) in [5, 5.41) is 21.2. The second-order valence-corrected chi connectivity index (χ2v) is 8.88. The van der Waals surface area contributed by atoms with Crippen LogP contribution in [0.4, 0.5) is 14.6 Å². The fraction of sp³-hybridized carbons (Fsp3) is 0.200. The first-order valence-corrected chi connectivity index (χ1v) is 11.7. The van der Waals surface area contributed by atoms with Crippen LogP contribution in [0.25, 0.3) is 11.4 Å². The van der Waals surface area contributed by atoms with E-state index < -0.39 is 5.82 Å². The molecule has 0 aliphatic heterocycles. The Labute approximate surface area is 205 Å². The van der Waals surface area contributed by atoms with Gasteiger partial charge in [0.2, 0.25) is 5.91 Å². The minimum Gasteiger partial charge on any atom is -0.326 e. The summed E-state index contributed by atoms with van der Waals surface area (Å²) in [6.07, 6.45) is 0. The maximum atomic E-state index is 14.1. The van der Waals surface area contributed by atoms with Gasteiger partial charge in [0.1, 0.15) is 23.5 Å². The average molecular weight is 493 g/mol. The second-order valence-electron chi connectivity index (χ2n) is 7.94. The first-order valence-electron chi connectivity index (χ1n) is 10.7. The van der Waals surface area contributed by atoms with Crippen molar-refractivity contribution < 1.29 is 13.6 Å². The Balaban J connectivity index is 1.52. The van der Waals surface area contributed by atoms with Gasteiger partial charge in [0.15, 0.2) is 11.0 Å². The molecule has 0 saturated carbocycles. The number of anilines is 1. The SMILES string of the molecule is Cc1c(C#N)c(NC(=O)CSc2nnc(-c3ccccc3F)n2C)n(Cc2ccc(F)cc2)c1C. The van der Waals surface area contributed by atoms with Crippen molar-refractivity contribution >= 4 is 23.5 Å². The number of hydrogen-bond acceptors (Lipinski definition) is 5. The van der Waals surface area contributed by atoms with E-state index in [0.29, 0.717) is 34.5 Å². The highest BCUT2D eigenvalue weighted by Gasteiger charge is 2.21. The predicted octanol–water partition coefficient (Wildman–Crippen LogP) is 4.83. The van der Waals surface area contributed by atoms with E-state index >= 15 is 0 Å². The van der Waals surface area contributed by atoms with E-state index in [0.717, 1.165) is 28.6 Å². The van der Waals surface area contributed by atoms with Crippen molar-refractivity contribution in [3.8, 4) is 17.5 Å². The second kappa shape index (κ2) is 10.1. The number of thioether (sulfide) groups is 1. The van der Waals surface area contributed by atoms with Crippen molar-refractivity contribution in [1.82, 2.24) is 19.3 Å². The summed E-state index contributed by atoms with van der Waals surface area (Å²) in [6, 6.07) is 14.5. The monoisotopic (exact) mass is 492 g/mol. The molecule has 0 saturated heterocycles. The van der Waals surface area contributed by atoms with Gasteiger partial charge in [0.25, 0.3) is 0 Å². The van der Waals surface area contributed by atoms with Crippen molar-refractivity contribution in [2.75, 3.05) is 11.1 Å². The molecule has 0 fully saturated rings. The van der Waals surface area contributed by atoms with Crippen LogP contribution in [0, 0.1) is 36.8 Å². The largest absolute Gasteiger partial charge is 0.326 e. The standard InChI is InChI=1S/C25H22F2N6OS/c1-15-16(2)33(13-17-8-10-18(26)11-9-17)23(20(15)12-28)29-22(34)14-35-25-31-30-24(32(25)3)19-6-4-5-7-21(19)27/h4-11H,13-14H2,1-3H3,(H,29,34). The van der Waals surface area contributed by atoms with Crippen molar-refractivity contribution in [3.63, 3.8) is 0 Å². The Kier molecular flexibility index (Phi) is 6.98. The van der Waals surface area contributed by atoms with Gasteiger partial charge in [-0.05, 0) is 49.2 Å². The van der Waals surface area contributed by atoms with Gasteiger partial charge in [-0.3, -0.25) is 4.79 Å². The number of carbonyl (C=O) groups excluding carboxylic acids is 1. The van der Waals surface area contributed by atoms with Crippen molar-refractivity contribution in [2.45, 2.75) is 25.5 Å². The number of nitriles is 1. The lowest BCUT2D eigenvalue weighted by Crippen LogP contribution is -2.19. The Bertz CT molecular complexity index is 1440. The maximum Gasteiger partial charge on any atom is 0.235 e. The third-order valence-electron chi connectivity index (χ3n) is 5.73. The number of hydrogen-bond donors (Lipinski definition) is 1. The van der Waals surface area contributed by atoms with E-state index in [9.17, 15) is 18.8 Å². The number of halogens is 2. The Morgan fingerprint density at radius 3 is 2.51 bits per heavy atom. The van der Waals surface area contributed by atoms with Gasteiger partial charge >= 0.3 is 0 Å². The maximum absolute atomic E-state index is 14.1. The molecular formula is C25H22F2N6OS. The number of benzene rings is 2. The molecule has 0 spiro atoms. The van der Waals surface area contributed by atoms with Crippen LogP contribution >= 0.6 is 11.8 Å². The predicted molar refractivity (Wildman–Crippen MR) is 130 cm³/mol. The van der Waals surface area contributed by atoms with E-state index in [4.69, 9.17) is 0 Å². The van der Waals surface area contributed by atoms with Gasteiger partial charge in [-0.2, -0.15) is 5.26 Å². The van der Waals surface area contributed by atoms with Crippen molar-refractivity contribution in [2.24, 2.45) is 7.05 Å². The van der Waals surface area contributed by atoms with Crippen LogP contribution in [0.1, 0.15) is 22.4 Å². The smallest absolute Gasteiger partial charge is 0.235 e. The number of aromatic nitrogens is 4. The minimum atomic E-state index is -0.408. The minimum absolute atomic E-state index is 0.00787. The molecule has 2 aromatic heterocycles. The fourth-order valence-corrected chi connectivity index (χ4v) is 4.43. The summed E-state index contributed by atoms with van der Waals surface area (Å²) in [4.78, 5) is 12.8. The van der Waals surface area contributed by atoms with Crippen LogP contribution in [0.3, 0.4) is 0 Å². The van der Waals surface area contributed by atoms with Gasteiger partial charge < -0.3 is 14.5 Å². The first-order chi connectivity index (χ1) is 16.8. The highest BCUT2D eigenvalue weighted by Crippen LogP contribution is 2.28. The van der Waals surface area contributed by atoms with Crippen molar-refractivity contribution in [3.05, 3.63) is 82.5 Å². The summed E-state index contributed by atoms with van der Waals surface area (Å²) < 4.78 is 30.9. The Morgan fingerprint density at radius 2 is 1.83 bits per heavy atom. The quantitative estimate of drug-likeness (QED) is 0.374. The zero-order chi connectivity index (χ0) is 25.1. The van der Waals surface area contributed by atoms with E-state index in [1.807, 2.05) is 18.4 Å². The molecule has 1 amide bonds. The normalized spacial score (nSPS) is 10.9. The molecule has 0 bridgehead atoms. The van der Waals surface area contributed by atoms with Crippen molar-refractivity contribution in [1.29, 1.82) is 5.26 Å². The zero-order valence-corrected chi connectivity index (χ0v) is 20.2. The third-order valence-corrected chi connectivity index (χ3v) is 6.76. The molecule has 7 nitrogen and oxygen atoms in total. The van der Waals surface area contributed by atoms with Gasteiger partial charge in [-0.15, -0.1) is 10.2 Å². The van der Waals surface area contributed by atoms with Crippen LogP contribution in [0.5, 0.6) is 0 Å². The first kappa shape index (κ1) is 24.2. The van der Waals surface area contributed by atoms with Gasteiger partial charge in [-0.1, -0.05) is 36.0 Å². The summed E-state index contributed by atoms with van der Waals surface area (Å²) in [5.74, 6) is -0.318. The summed E-state index contributed by atoms with van der Waals surface area (Å²) >= 11 is 1.15. The van der Waals surface area contributed by atoms with Crippen LogP contribution in [-0.2, 0) is 18.4 Å². The lowest BCUT2D eigenvalue weighted by atomic mass is 10.2. The van der Waals surface area contributed by atoms with Crippen LogP contribution in [0.15, 0.2) is 53.7 Å². The van der Waals surface area contributed by atoms with Gasteiger partial charge in [0, 0.05) is 19.3 Å². The topological polar surface area (TPSA) is 88.5 Å². The molecule has 0 aliphatic carbocycles. The molecule has 0 unspecified atom stereocenters. The molecule has 0 atom stereocenters. The van der Waals surface area contributed by atoms with Gasteiger partial charge in [0.05, 0.1) is 16.9 Å².